The molecule has 1 saturated heterocycles. The van der Waals surface area contributed by atoms with E-state index in [1.165, 1.54) is 4.90 Å². The summed E-state index contributed by atoms with van der Waals surface area (Å²) < 4.78 is 0. The highest BCUT2D eigenvalue weighted by Gasteiger charge is 2.26. The highest BCUT2D eigenvalue weighted by atomic mass is 35.5. The predicted molar refractivity (Wildman–Crippen MR) is 103 cm³/mol. The van der Waals surface area contributed by atoms with Gasteiger partial charge >= 0.3 is 0 Å². The Morgan fingerprint density at radius 1 is 1.23 bits per heavy atom. The first-order valence-corrected chi connectivity index (χ1v) is 8.80. The quantitative estimate of drug-likeness (QED) is 0.693. The van der Waals surface area contributed by atoms with Crippen molar-refractivity contribution in [3.05, 3.63) is 24.3 Å². The molecule has 142 valence electrons. The summed E-state index contributed by atoms with van der Waals surface area (Å²) in [7, 11) is 0. The molecule has 1 unspecified atom stereocenters. The maximum Gasteiger partial charge on any atom is 0.244 e. The van der Waals surface area contributed by atoms with Gasteiger partial charge in [-0.25, -0.2) is 0 Å². The van der Waals surface area contributed by atoms with Crippen molar-refractivity contribution in [2.75, 3.05) is 36.4 Å². The standard InChI is InChI=1S/C18H24N4O3.ClH/c23-16(20-10-8-13-7-9-19-11-13)5-6-18(25)22-12-17(24)21-14-3-1-2-4-15(14)22;/h1-4,13,19H,5-12H2,(H,20,23)(H,21,24);1H. The van der Waals surface area contributed by atoms with Gasteiger partial charge in [-0.2, -0.15) is 0 Å². The summed E-state index contributed by atoms with van der Waals surface area (Å²) in [6, 6.07) is 7.18. The molecule has 0 bridgehead atoms. The highest BCUT2D eigenvalue weighted by molar-refractivity contribution is 6.10. The van der Waals surface area contributed by atoms with Gasteiger partial charge in [-0.05, 0) is 44.0 Å². The van der Waals surface area contributed by atoms with Crippen molar-refractivity contribution < 1.29 is 14.4 Å². The zero-order valence-electron chi connectivity index (χ0n) is 14.6. The third kappa shape index (κ3) is 5.19. The Labute approximate surface area is 159 Å². The lowest BCUT2D eigenvalue weighted by Crippen LogP contribution is -2.42. The van der Waals surface area contributed by atoms with E-state index >= 15 is 0 Å². The molecule has 1 fully saturated rings. The number of amides is 3. The Hall–Kier alpha value is -2.12. The maximum absolute atomic E-state index is 12.5. The number of hydrogen-bond donors (Lipinski definition) is 3. The average molecular weight is 381 g/mol. The van der Waals surface area contributed by atoms with E-state index in [-0.39, 0.29) is 49.5 Å². The summed E-state index contributed by atoms with van der Waals surface area (Å²) in [5, 5.41) is 8.93. The predicted octanol–water partition coefficient (Wildman–Crippen LogP) is 1.29. The van der Waals surface area contributed by atoms with Crippen LogP contribution in [0, 0.1) is 5.92 Å². The zero-order chi connectivity index (χ0) is 17.6. The second-order valence-corrected chi connectivity index (χ2v) is 6.54. The SMILES string of the molecule is Cl.O=C(CCC(=O)N1CC(=O)Nc2ccccc21)NCCC1CCNC1. The Bertz CT molecular complexity index is 662. The topological polar surface area (TPSA) is 90.5 Å². The van der Waals surface area contributed by atoms with Gasteiger partial charge in [0.05, 0.1) is 11.4 Å². The Morgan fingerprint density at radius 3 is 2.81 bits per heavy atom. The van der Waals surface area contributed by atoms with E-state index in [9.17, 15) is 14.4 Å². The third-order valence-corrected chi connectivity index (χ3v) is 4.67. The summed E-state index contributed by atoms with van der Waals surface area (Å²) in [5.74, 6) is 0.0819. The van der Waals surface area contributed by atoms with Crippen molar-refractivity contribution in [2.24, 2.45) is 5.92 Å². The molecule has 3 N–H and O–H groups in total. The molecule has 0 aliphatic carbocycles. The Morgan fingerprint density at radius 2 is 2.04 bits per heavy atom. The number of para-hydroxylation sites is 2. The van der Waals surface area contributed by atoms with Crippen LogP contribution in [0.4, 0.5) is 11.4 Å². The smallest absolute Gasteiger partial charge is 0.244 e. The van der Waals surface area contributed by atoms with Gasteiger partial charge in [-0.1, -0.05) is 12.1 Å². The van der Waals surface area contributed by atoms with E-state index in [0.717, 1.165) is 25.9 Å². The van der Waals surface area contributed by atoms with Crippen LogP contribution >= 0.6 is 12.4 Å². The highest BCUT2D eigenvalue weighted by Crippen LogP contribution is 2.29. The van der Waals surface area contributed by atoms with E-state index in [0.29, 0.717) is 23.8 Å². The van der Waals surface area contributed by atoms with Gasteiger partial charge in [-0.15, -0.1) is 12.4 Å². The van der Waals surface area contributed by atoms with Crippen molar-refractivity contribution in [1.82, 2.24) is 10.6 Å². The minimum atomic E-state index is -0.221. The summed E-state index contributed by atoms with van der Waals surface area (Å²) in [5.41, 5.74) is 1.31. The van der Waals surface area contributed by atoms with E-state index < -0.39 is 0 Å². The van der Waals surface area contributed by atoms with E-state index in [4.69, 9.17) is 0 Å². The lowest BCUT2D eigenvalue weighted by Gasteiger charge is -2.29. The first-order valence-electron chi connectivity index (χ1n) is 8.80. The number of halogens is 1. The van der Waals surface area contributed by atoms with Gasteiger partial charge in [0.1, 0.15) is 6.54 Å². The molecule has 26 heavy (non-hydrogen) atoms. The van der Waals surface area contributed by atoms with Gasteiger partial charge in [0.25, 0.3) is 0 Å². The van der Waals surface area contributed by atoms with Gasteiger partial charge in [-0.3, -0.25) is 14.4 Å². The monoisotopic (exact) mass is 380 g/mol. The molecule has 8 heteroatoms. The lowest BCUT2D eigenvalue weighted by molar-refractivity contribution is -0.125. The molecule has 2 aliphatic heterocycles. The fourth-order valence-electron chi connectivity index (χ4n) is 3.28. The lowest BCUT2D eigenvalue weighted by atomic mass is 10.1. The zero-order valence-corrected chi connectivity index (χ0v) is 15.4. The normalized spacial score (nSPS) is 18.5. The van der Waals surface area contributed by atoms with Crippen molar-refractivity contribution >= 4 is 41.5 Å². The first-order chi connectivity index (χ1) is 12.1. The molecule has 0 saturated carbocycles. The van der Waals surface area contributed by atoms with Gasteiger partial charge in [0.15, 0.2) is 0 Å². The number of nitrogens with zero attached hydrogens (tertiary/aromatic N) is 1. The first kappa shape index (κ1) is 20.2. The van der Waals surface area contributed by atoms with Crippen LogP contribution in [0.1, 0.15) is 25.7 Å². The fraction of sp³-hybridized carbons (Fsp3) is 0.500. The molecular formula is C18H25ClN4O3. The molecular weight excluding hydrogens is 356 g/mol. The van der Waals surface area contributed by atoms with Crippen LogP contribution in [0.25, 0.3) is 0 Å². The van der Waals surface area contributed by atoms with Crippen LogP contribution in [-0.4, -0.2) is 43.9 Å². The van der Waals surface area contributed by atoms with Gasteiger partial charge in [0.2, 0.25) is 17.7 Å². The number of nitrogens with one attached hydrogen (secondary N) is 3. The van der Waals surface area contributed by atoms with Crippen molar-refractivity contribution in [3.8, 4) is 0 Å². The van der Waals surface area contributed by atoms with Crippen LogP contribution < -0.4 is 20.9 Å². The minimum absolute atomic E-state index is 0. The maximum atomic E-state index is 12.5. The summed E-state index contributed by atoms with van der Waals surface area (Å²) in [6.45, 7) is 2.71. The second-order valence-electron chi connectivity index (χ2n) is 6.54. The number of carbonyl (C=O) groups excluding carboxylic acids is 3. The summed E-state index contributed by atoms with van der Waals surface area (Å²) in [6.07, 6.45) is 2.36. The van der Waals surface area contributed by atoms with Crippen molar-refractivity contribution in [1.29, 1.82) is 0 Å². The summed E-state index contributed by atoms with van der Waals surface area (Å²) >= 11 is 0. The van der Waals surface area contributed by atoms with Crippen LogP contribution in [0.5, 0.6) is 0 Å². The van der Waals surface area contributed by atoms with E-state index in [2.05, 4.69) is 16.0 Å². The molecule has 2 heterocycles. The number of hydrogen-bond acceptors (Lipinski definition) is 4. The average Bonchev–Trinajstić information content (AvgIpc) is 3.12. The van der Waals surface area contributed by atoms with Crippen molar-refractivity contribution in [3.63, 3.8) is 0 Å². The molecule has 7 nitrogen and oxygen atoms in total. The molecule has 2 aliphatic rings. The van der Waals surface area contributed by atoms with Crippen LogP contribution in [0.3, 0.4) is 0 Å². The second kappa shape index (κ2) is 9.54. The van der Waals surface area contributed by atoms with E-state index in [1.54, 1.807) is 18.2 Å². The number of carbonyl (C=O) groups is 3. The van der Waals surface area contributed by atoms with Crippen LogP contribution in [-0.2, 0) is 14.4 Å². The van der Waals surface area contributed by atoms with E-state index in [1.807, 2.05) is 6.07 Å². The molecule has 0 radical (unpaired) electrons. The molecule has 1 aromatic rings. The third-order valence-electron chi connectivity index (χ3n) is 4.67. The molecule has 3 amide bonds. The van der Waals surface area contributed by atoms with Gasteiger partial charge < -0.3 is 20.9 Å². The van der Waals surface area contributed by atoms with Crippen LogP contribution in [0.2, 0.25) is 0 Å². The van der Waals surface area contributed by atoms with Crippen LogP contribution in [0.15, 0.2) is 24.3 Å². The Kier molecular flexibility index (Phi) is 7.41. The number of rotatable bonds is 6. The molecule has 1 atom stereocenters. The minimum Gasteiger partial charge on any atom is -0.356 e. The number of benzene rings is 1. The number of fused-ring (bicyclic) bond motifs is 1. The Balaban J connectivity index is 0.00000243. The molecule has 0 spiro atoms. The van der Waals surface area contributed by atoms with Crippen molar-refractivity contribution in [2.45, 2.75) is 25.7 Å². The van der Waals surface area contributed by atoms with Gasteiger partial charge in [0, 0.05) is 19.4 Å². The largest absolute Gasteiger partial charge is 0.356 e. The molecule has 3 rings (SSSR count). The molecule has 1 aromatic carbocycles. The fourth-order valence-corrected chi connectivity index (χ4v) is 3.28. The molecule has 0 aromatic heterocycles. The number of anilines is 2. The summed E-state index contributed by atoms with van der Waals surface area (Å²) in [4.78, 5) is 37.6.